The Labute approximate surface area is 127 Å². The molecule has 2 rings (SSSR count). The average molecular weight is 326 g/mol. The number of anilines is 1. The zero-order valence-electron chi connectivity index (χ0n) is 11.0. The number of aromatic nitrogens is 1. The number of nitrogens with zero attached hydrogens (tertiary/aromatic N) is 1. The number of nitrogens with two attached hydrogens (primary N) is 1. The molecule has 1 aromatic heterocycles. The van der Waals surface area contributed by atoms with Crippen LogP contribution in [0.5, 0.6) is 0 Å². The molecular weight excluding hydrogens is 314 g/mol. The largest absolute Gasteiger partial charge is 0.322 e. The molecule has 3 N–H and O–H groups in total. The molecule has 0 fully saturated rings. The smallest absolute Gasteiger partial charge is 0.255 e. The van der Waals surface area contributed by atoms with Gasteiger partial charge in [-0.2, -0.15) is 0 Å². The summed E-state index contributed by atoms with van der Waals surface area (Å²) in [6, 6.07) is 7.37. The predicted molar refractivity (Wildman–Crippen MR) is 79.8 cm³/mol. The molecule has 0 atom stereocenters. The number of nitrogens with one attached hydrogen (secondary N) is 1. The van der Waals surface area contributed by atoms with E-state index in [1.165, 1.54) is 24.4 Å². The summed E-state index contributed by atoms with van der Waals surface area (Å²) in [5, 5.41) is 7.89. The van der Waals surface area contributed by atoms with E-state index in [1.54, 1.807) is 19.1 Å². The van der Waals surface area contributed by atoms with Crippen LogP contribution in [-0.4, -0.2) is 19.3 Å². The SMILES string of the molecule is Cc1ccc(NC(=O)c2ccnc(Cl)c2)cc1S(N)(=O)=O. The highest BCUT2D eigenvalue weighted by molar-refractivity contribution is 7.89. The van der Waals surface area contributed by atoms with Gasteiger partial charge in [-0.25, -0.2) is 18.5 Å². The minimum Gasteiger partial charge on any atom is -0.322 e. The van der Waals surface area contributed by atoms with Crippen LogP contribution in [0.1, 0.15) is 15.9 Å². The molecule has 0 aliphatic rings. The van der Waals surface area contributed by atoms with Gasteiger partial charge < -0.3 is 5.32 Å². The second-order valence-corrected chi connectivity index (χ2v) is 6.26. The Morgan fingerprint density at radius 1 is 1.29 bits per heavy atom. The number of primary sulfonamides is 1. The summed E-state index contributed by atoms with van der Waals surface area (Å²) >= 11 is 5.71. The minimum atomic E-state index is -3.85. The van der Waals surface area contributed by atoms with E-state index < -0.39 is 15.9 Å². The van der Waals surface area contributed by atoms with Gasteiger partial charge in [0.05, 0.1) is 4.90 Å². The maximum atomic E-state index is 12.0. The fourth-order valence-corrected chi connectivity index (χ4v) is 2.71. The number of pyridine rings is 1. The standard InChI is InChI=1S/C13H12ClN3O3S/c1-8-2-3-10(7-11(8)21(15,19)20)17-13(18)9-4-5-16-12(14)6-9/h2-7H,1H3,(H,17,18)(H2,15,19,20). The van der Waals surface area contributed by atoms with Crippen LogP contribution in [0, 0.1) is 6.92 Å². The molecule has 6 nitrogen and oxygen atoms in total. The molecule has 1 amide bonds. The second kappa shape index (κ2) is 5.80. The lowest BCUT2D eigenvalue weighted by atomic mass is 10.2. The Bertz CT molecular complexity index is 806. The molecule has 21 heavy (non-hydrogen) atoms. The molecule has 0 aliphatic carbocycles. The third-order valence-electron chi connectivity index (χ3n) is 2.74. The summed E-state index contributed by atoms with van der Waals surface area (Å²) in [4.78, 5) is 15.8. The lowest BCUT2D eigenvalue weighted by Gasteiger charge is -2.09. The van der Waals surface area contributed by atoms with Gasteiger partial charge in [0.25, 0.3) is 5.91 Å². The van der Waals surface area contributed by atoms with E-state index in [9.17, 15) is 13.2 Å². The first-order valence-electron chi connectivity index (χ1n) is 5.84. The Morgan fingerprint density at radius 3 is 2.62 bits per heavy atom. The number of rotatable bonds is 3. The number of amides is 1. The van der Waals surface area contributed by atoms with Crippen molar-refractivity contribution in [1.82, 2.24) is 4.98 Å². The number of benzene rings is 1. The molecule has 0 aliphatic heterocycles. The third kappa shape index (κ3) is 3.78. The molecule has 110 valence electrons. The Kier molecular flexibility index (Phi) is 4.26. The van der Waals surface area contributed by atoms with Gasteiger partial charge in [-0.1, -0.05) is 17.7 Å². The first-order valence-corrected chi connectivity index (χ1v) is 7.76. The lowest BCUT2D eigenvalue weighted by Crippen LogP contribution is -2.16. The summed E-state index contributed by atoms with van der Waals surface area (Å²) < 4.78 is 22.9. The fourth-order valence-electron chi connectivity index (χ4n) is 1.73. The molecule has 0 unspecified atom stereocenters. The van der Waals surface area contributed by atoms with Gasteiger partial charge in [-0.05, 0) is 36.8 Å². The van der Waals surface area contributed by atoms with Gasteiger partial charge in [0.2, 0.25) is 10.0 Å². The molecule has 1 heterocycles. The zero-order chi connectivity index (χ0) is 15.6. The summed E-state index contributed by atoms with van der Waals surface area (Å²) in [5.41, 5.74) is 1.14. The second-order valence-electron chi connectivity index (χ2n) is 4.35. The monoisotopic (exact) mass is 325 g/mol. The van der Waals surface area contributed by atoms with Crippen molar-refractivity contribution in [1.29, 1.82) is 0 Å². The summed E-state index contributed by atoms with van der Waals surface area (Å²) in [5.74, 6) is -0.427. The maximum absolute atomic E-state index is 12.0. The number of hydrogen-bond acceptors (Lipinski definition) is 4. The highest BCUT2D eigenvalue weighted by atomic mass is 35.5. The van der Waals surface area contributed by atoms with Crippen LogP contribution in [0.25, 0.3) is 0 Å². The Balaban J connectivity index is 2.30. The topological polar surface area (TPSA) is 102 Å². The first-order chi connectivity index (χ1) is 9.77. The van der Waals surface area contributed by atoms with Crippen molar-refractivity contribution in [2.75, 3.05) is 5.32 Å². The highest BCUT2D eigenvalue weighted by Crippen LogP contribution is 2.19. The number of sulfonamides is 1. The van der Waals surface area contributed by atoms with E-state index in [2.05, 4.69) is 10.3 Å². The van der Waals surface area contributed by atoms with Gasteiger partial charge in [0.1, 0.15) is 5.15 Å². The molecule has 0 spiro atoms. The van der Waals surface area contributed by atoms with E-state index in [0.717, 1.165) is 0 Å². The quantitative estimate of drug-likeness (QED) is 0.842. The van der Waals surface area contributed by atoms with E-state index in [0.29, 0.717) is 16.8 Å². The van der Waals surface area contributed by atoms with Crippen molar-refractivity contribution in [3.05, 3.63) is 52.8 Å². The fraction of sp³-hybridized carbons (Fsp3) is 0.0769. The van der Waals surface area contributed by atoms with E-state index in [-0.39, 0.29) is 10.0 Å². The van der Waals surface area contributed by atoms with Crippen LogP contribution in [-0.2, 0) is 10.0 Å². The van der Waals surface area contributed by atoms with Crippen LogP contribution in [0.15, 0.2) is 41.4 Å². The number of aryl methyl sites for hydroxylation is 1. The van der Waals surface area contributed by atoms with Crippen molar-refractivity contribution in [2.45, 2.75) is 11.8 Å². The molecule has 0 radical (unpaired) electrons. The van der Waals surface area contributed by atoms with E-state index in [1.807, 2.05) is 0 Å². The molecule has 0 bridgehead atoms. The first kappa shape index (κ1) is 15.4. The Hall–Kier alpha value is -1.96. The van der Waals surface area contributed by atoms with Gasteiger partial charge in [0.15, 0.2) is 0 Å². The number of carbonyl (C=O) groups excluding carboxylic acids is 1. The summed E-state index contributed by atoms with van der Waals surface area (Å²) in [6.45, 7) is 1.62. The number of halogens is 1. The molecule has 8 heteroatoms. The molecule has 0 saturated heterocycles. The molecular formula is C13H12ClN3O3S. The predicted octanol–water partition coefficient (Wildman–Crippen LogP) is 1.94. The molecule has 0 saturated carbocycles. The van der Waals surface area contributed by atoms with Crippen LogP contribution < -0.4 is 10.5 Å². The normalized spacial score (nSPS) is 11.2. The van der Waals surface area contributed by atoms with Crippen molar-refractivity contribution in [3.63, 3.8) is 0 Å². The van der Waals surface area contributed by atoms with Crippen LogP contribution in [0.3, 0.4) is 0 Å². The number of carbonyl (C=O) groups is 1. The van der Waals surface area contributed by atoms with Gasteiger partial charge in [0, 0.05) is 17.4 Å². The van der Waals surface area contributed by atoms with Gasteiger partial charge in [-0.3, -0.25) is 4.79 Å². The van der Waals surface area contributed by atoms with Crippen molar-refractivity contribution < 1.29 is 13.2 Å². The zero-order valence-corrected chi connectivity index (χ0v) is 12.6. The minimum absolute atomic E-state index is 0.0342. The van der Waals surface area contributed by atoms with Crippen molar-refractivity contribution in [2.24, 2.45) is 5.14 Å². The van der Waals surface area contributed by atoms with E-state index >= 15 is 0 Å². The summed E-state index contributed by atoms with van der Waals surface area (Å²) in [7, 11) is -3.85. The third-order valence-corrected chi connectivity index (χ3v) is 4.00. The van der Waals surface area contributed by atoms with Crippen LogP contribution in [0.2, 0.25) is 5.15 Å². The van der Waals surface area contributed by atoms with Gasteiger partial charge >= 0.3 is 0 Å². The average Bonchev–Trinajstić information content (AvgIpc) is 2.39. The highest BCUT2D eigenvalue weighted by Gasteiger charge is 2.14. The lowest BCUT2D eigenvalue weighted by molar-refractivity contribution is 0.102. The van der Waals surface area contributed by atoms with Crippen molar-refractivity contribution in [3.8, 4) is 0 Å². The van der Waals surface area contributed by atoms with Crippen LogP contribution in [0.4, 0.5) is 5.69 Å². The van der Waals surface area contributed by atoms with E-state index in [4.69, 9.17) is 16.7 Å². The molecule has 1 aromatic carbocycles. The van der Waals surface area contributed by atoms with Crippen LogP contribution >= 0.6 is 11.6 Å². The number of hydrogen-bond donors (Lipinski definition) is 2. The summed E-state index contributed by atoms with van der Waals surface area (Å²) in [6.07, 6.45) is 1.40. The van der Waals surface area contributed by atoms with Crippen molar-refractivity contribution >= 4 is 33.2 Å². The Morgan fingerprint density at radius 2 is 2.00 bits per heavy atom. The maximum Gasteiger partial charge on any atom is 0.255 e. The van der Waals surface area contributed by atoms with Gasteiger partial charge in [-0.15, -0.1) is 0 Å². The molecule has 2 aromatic rings.